The van der Waals surface area contributed by atoms with Crippen molar-refractivity contribution in [1.29, 1.82) is 0 Å². The van der Waals surface area contributed by atoms with Crippen LogP contribution in [0.1, 0.15) is 28.2 Å². The number of benzene rings is 4. The van der Waals surface area contributed by atoms with Gasteiger partial charge in [0, 0.05) is 62.3 Å². The fourth-order valence-electron chi connectivity index (χ4n) is 8.19. The molecule has 4 atom stereocenters. The molecule has 290 valence electrons. The minimum absolute atomic E-state index is 0.00569. The van der Waals surface area contributed by atoms with Crippen LogP contribution < -0.4 is 33.9 Å². The number of nitrogens with one attached hydrogen (secondary N) is 1. The van der Waals surface area contributed by atoms with Crippen molar-refractivity contribution < 1.29 is 47.7 Å². The van der Waals surface area contributed by atoms with Crippen molar-refractivity contribution in [1.82, 2.24) is 10.2 Å². The summed E-state index contributed by atoms with van der Waals surface area (Å²) in [4.78, 5) is 55.4. The van der Waals surface area contributed by atoms with Crippen molar-refractivity contribution in [2.24, 2.45) is 11.8 Å². The number of amides is 2. The van der Waals surface area contributed by atoms with Crippen LogP contribution in [0.15, 0.2) is 78.9 Å². The van der Waals surface area contributed by atoms with E-state index in [9.17, 15) is 24.5 Å². The molecule has 2 saturated heterocycles. The topological polar surface area (TPSA) is 168 Å². The van der Waals surface area contributed by atoms with Gasteiger partial charge in [-0.3, -0.25) is 19.7 Å². The number of anilines is 1. The third-order valence-electron chi connectivity index (χ3n) is 11.0. The summed E-state index contributed by atoms with van der Waals surface area (Å²) >= 11 is 0. The molecule has 4 aliphatic rings. The highest BCUT2D eigenvalue weighted by Gasteiger charge is 2.48. The SMILES string of the molecule is COc1cc([C@@H]2c3cc4c(cc3C[C@H]3COC(=O)[C@@H]32)OCO4)cc(OC)c1OC(=O)N[C@H](Cc1ccccc1)C(=O)N1CCN(c2ccc([N+](=O)[O-])cc2)CC1. The molecule has 56 heavy (non-hydrogen) atoms. The van der Waals surface area contributed by atoms with Crippen LogP contribution in [0.2, 0.25) is 0 Å². The number of esters is 1. The molecule has 3 heterocycles. The summed E-state index contributed by atoms with van der Waals surface area (Å²) in [5.41, 5.74) is 4.30. The number of nitro benzene ring substituents is 1. The third kappa shape index (κ3) is 7.07. The highest BCUT2D eigenvalue weighted by molar-refractivity contribution is 5.87. The number of cyclic esters (lactones) is 1. The number of nitrogens with zero attached hydrogens (tertiary/aromatic N) is 3. The monoisotopic (exact) mass is 764 g/mol. The maximum atomic E-state index is 14.1. The third-order valence-corrected chi connectivity index (χ3v) is 11.0. The van der Waals surface area contributed by atoms with Gasteiger partial charge in [0.1, 0.15) is 6.04 Å². The molecular formula is C41H40N4O11. The molecule has 0 radical (unpaired) electrons. The average molecular weight is 765 g/mol. The van der Waals surface area contributed by atoms with E-state index in [0.29, 0.717) is 56.3 Å². The van der Waals surface area contributed by atoms with Gasteiger partial charge in [0.2, 0.25) is 18.4 Å². The van der Waals surface area contributed by atoms with Crippen molar-refractivity contribution in [3.8, 4) is 28.7 Å². The van der Waals surface area contributed by atoms with Crippen molar-refractivity contribution in [2.75, 3.05) is 58.7 Å². The maximum Gasteiger partial charge on any atom is 0.413 e. The number of ether oxygens (including phenoxy) is 6. The predicted octanol–water partition coefficient (Wildman–Crippen LogP) is 4.87. The number of hydrogen-bond donors (Lipinski definition) is 1. The van der Waals surface area contributed by atoms with Crippen molar-refractivity contribution in [2.45, 2.75) is 24.8 Å². The van der Waals surface area contributed by atoms with E-state index in [1.54, 1.807) is 29.2 Å². The van der Waals surface area contributed by atoms with Gasteiger partial charge in [-0.2, -0.15) is 0 Å². The number of hydrogen-bond acceptors (Lipinski definition) is 12. The van der Waals surface area contributed by atoms with Crippen LogP contribution in [0.25, 0.3) is 0 Å². The summed E-state index contributed by atoms with van der Waals surface area (Å²) in [7, 11) is 2.89. The Balaban J connectivity index is 1.03. The number of methoxy groups -OCH3 is 2. The van der Waals surface area contributed by atoms with Crippen LogP contribution in [-0.4, -0.2) is 87.6 Å². The van der Waals surface area contributed by atoms with Crippen molar-refractivity contribution >= 4 is 29.3 Å². The van der Waals surface area contributed by atoms with Gasteiger partial charge in [-0.15, -0.1) is 0 Å². The number of nitro groups is 1. The summed E-state index contributed by atoms with van der Waals surface area (Å²) in [6.07, 6.45) is -0.0291. The lowest BCUT2D eigenvalue weighted by Gasteiger charge is -2.37. The lowest BCUT2D eigenvalue weighted by atomic mass is 9.67. The van der Waals surface area contributed by atoms with E-state index in [1.807, 2.05) is 42.5 Å². The zero-order chi connectivity index (χ0) is 38.9. The Morgan fingerprint density at radius 3 is 2.25 bits per heavy atom. The Morgan fingerprint density at radius 2 is 1.59 bits per heavy atom. The first-order chi connectivity index (χ1) is 27.2. The predicted molar refractivity (Wildman–Crippen MR) is 201 cm³/mol. The molecule has 4 aromatic rings. The number of carbonyl (C=O) groups is 3. The molecule has 0 saturated carbocycles. The highest BCUT2D eigenvalue weighted by atomic mass is 16.7. The van der Waals surface area contributed by atoms with Gasteiger partial charge < -0.3 is 43.5 Å². The van der Waals surface area contributed by atoms with Crippen molar-refractivity contribution in [3.63, 3.8) is 0 Å². The number of piperazine rings is 1. The Kier molecular flexibility index (Phi) is 9.98. The van der Waals surface area contributed by atoms with Gasteiger partial charge >= 0.3 is 12.1 Å². The molecule has 0 bridgehead atoms. The lowest BCUT2D eigenvalue weighted by Crippen LogP contribution is -2.56. The van der Waals surface area contributed by atoms with Crippen LogP contribution in [0.3, 0.4) is 0 Å². The second-order valence-electron chi connectivity index (χ2n) is 14.1. The summed E-state index contributed by atoms with van der Waals surface area (Å²) in [6.45, 7) is 2.18. The average Bonchev–Trinajstić information content (AvgIpc) is 3.84. The van der Waals surface area contributed by atoms with Crippen LogP contribution in [0.4, 0.5) is 16.2 Å². The fraction of sp³-hybridized carbons (Fsp3) is 0.341. The summed E-state index contributed by atoms with van der Waals surface area (Å²) in [5.74, 6) is 0.124. The van der Waals surface area contributed by atoms with Crippen LogP contribution in [0.5, 0.6) is 28.7 Å². The molecule has 2 fully saturated rings. The van der Waals surface area contributed by atoms with Gasteiger partial charge in [0.05, 0.1) is 31.7 Å². The minimum atomic E-state index is -0.968. The first kappa shape index (κ1) is 36.5. The standard InChI is InChI=1S/C41H40N4O11/c1-51-34-19-26(36-30-21-33-32(54-23-55-33)18-25(30)17-27-22-53-40(47)37(27)36)20-35(52-2)38(34)56-41(48)42-31(16-24-6-4-3-5-7-24)39(46)44-14-12-43(13-15-44)28-8-10-29(11-9-28)45(49)50/h3-11,18-21,27,31,36-37H,12-17,22-23H2,1-2H3,(H,42,48)/t27-,31+,36+,37-/m0/s1. The summed E-state index contributed by atoms with van der Waals surface area (Å²) < 4.78 is 34.3. The van der Waals surface area contributed by atoms with Gasteiger partial charge in [0.25, 0.3) is 5.69 Å². The number of carbonyl (C=O) groups excluding carboxylic acids is 3. The van der Waals surface area contributed by atoms with E-state index < -0.39 is 28.9 Å². The van der Waals surface area contributed by atoms with Crippen molar-refractivity contribution in [3.05, 3.63) is 111 Å². The number of rotatable bonds is 10. The van der Waals surface area contributed by atoms with E-state index in [1.165, 1.54) is 26.4 Å². The normalized spacial score (nSPS) is 20.0. The molecule has 1 N–H and O–H groups in total. The summed E-state index contributed by atoms with van der Waals surface area (Å²) in [5, 5.41) is 13.9. The van der Waals surface area contributed by atoms with E-state index in [2.05, 4.69) is 10.2 Å². The van der Waals surface area contributed by atoms with E-state index in [4.69, 9.17) is 28.4 Å². The first-order valence-electron chi connectivity index (χ1n) is 18.4. The van der Waals surface area contributed by atoms with Gasteiger partial charge in [-0.05, 0) is 65.1 Å². The fourth-order valence-corrected chi connectivity index (χ4v) is 8.19. The number of non-ortho nitro benzene ring substituents is 1. The van der Waals surface area contributed by atoms with Gasteiger partial charge in [-0.25, -0.2) is 4.79 Å². The molecule has 4 aromatic carbocycles. The molecule has 0 unspecified atom stereocenters. The molecule has 15 nitrogen and oxygen atoms in total. The molecule has 2 amide bonds. The zero-order valence-electron chi connectivity index (χ0n) is 30.8. The van der Waals surface area contributed by atoms with Crippen LogP contribution in [-0.2, 0) is 27.2 Å². The second kappa shape index (κ2) is 15.3. The Bertz CT molecular complexity index is 2130. The summed E-state index contributed by atoms with van der Waals surface area (Å²) in [6, 6.07) is 22.1. The van der Waals surface area contributed by atoms with Crippen LogP contribution >= 0.6 is 0 Å². The molecule has 0 spiro atoms. The smallest absolute Gasteiger partial charge is 0.413 e. The minimum Gasteiger partial charge on any atom is -0.493 e. The van der Waals surface area contributed by atoms with Gasteiger partial charge in [0.15, 0.2) is 23.0 Å². The first-order valence-corrected chi connectivity index (χ1v) is 18.4. The van der Waals surface area contributed by atoms with Gasteiger partial charge in [-0.1, -0.05) is 30.3 Å². The lowest BCUT2D eigenvalue weighted by molar-refractivity contribution is -0.384. The van der Waals surface area contributed by atoms with Crippen LogP contribution in [0, 0.1) is 22.0 Å². The molecule has 1 aliphatic carbocycles. The largest absolute Gasteiger partial charge is 0.493 e. The molecule has 0 aromatic heterocycles. The maximum absolute atomic E-state index is 14.1. The van der Waals surface area contributed by atoms with E-state index in [-0.39, 0.29) is 53.9 Å². The Hall–Kier alpha value is -6.51. The highest BCUT2D eigenvalue weighted by Crippen LogP contribution is 2.52. The molecule has 8 rings (SSSR count). The Labute approximate surface area is 322 Å². The number of fused-ring (bicyclic) bond motifs is 3. The molecule has 3 aliphatic heterocycles. The molecule has 15 heteroatoms. The molecular weight excluding hydrogens is 724 g/mol. The zero-order valence-corrected chi connectivity index (χ0v) is 30.8. The second-order valence-corrected chi connectivity index (χ2v) is 14.1. The Morgan fingerprint density at radius 1 is 0.911 bits per heavy atom. The quantitative estimate of drug-likeness (QED) is 0.132. The van der Waals surface area contributed by atoms with E-state index in [0.717, 1.165) is 22.4 Å². The van der Waals surface area contributed by atoms with E-state index >= 15 is 0 Å².